The summed E-state index contributed by atoms with van der Waals surface area (Å²) in [6.45, 7) is 13.8. The van der Waals surface area contributed by atoms with E-state index < -0.39 is 38.4 Å². The normalized spacial score (nSPS) is 24.4. The summed E-state index contributed by atoms with van der Waals surface area (Å²) in [5, 5.41) is 12.3. The number of nitrogens with two attached hydrogens (primary N) is 1. The number of carbonyl (C=O) groups excluding carboxylic acids is 1. The van der Waals surface area contributed by atoms with Gasteiger partial charge in [-0.05, 0) is 18.1 Å². The number of carbonyl (C=O) groups is 1. The first-order chi connectivity index (χ1) is 14.8. The van der Waals surface area contributed by atoms with Crippen LogP contribution in [0.5, 0.6) is 0 Å². The molecule has 12 heteroatoms. The van der Waals surface area contributed by atoms with Gasteiger partial charge in [-0.15, -0.1) is 0 Å². The van der Waals surface area contributed by atoms with E-state index in [1.165, 1.54) is 6.33 Å². The summed E-state index contributed by atoms with van der Waals surface area (Å²) < 4.78 is 14.2. The number of aliphatic hydroxyl groups excluding tert-OH is 1. The molecule has 2 aromatic rings. The van der Waals surface area contributed by atoms with Crippen molar-refractivity contribution in [1.29, 1.82) is 0 Å². The van der Waals surface area contributed by atoms with Gasteiger partial charge in [0.15, 0.2) is 25.7 Å². The zero-order valence-corrected chi connectivity index (χ0v) is 20.7. The van der Waals surface area contributed by atoms with Crippen molar-refractivity contribution >= 4 is 31.3 Å². The second kappa shape index (κ2) is 8.67. The molecule has 0 bridgehead atoms. The van der Waals surface area contributed by atoms with E-state index in [0.29, 0.717) is 0 Å². The molecule has 1 saturated heterocycles. The Morgan fingerprint density at radius 3 is 2.66 bits per heavy atom. The molecule has 32 heavy (non-hydrogen) atoms. The second-order valence-electron chi connectivity index (χ2n) is 10.1. The lowest BCUT2D eigenvalue weighted by Crippen LogP contribution is -2.51. The number of ether oxygens (including phenoxy) is 1. The molecule has 1 aliphatic rings. The lowest BCUT2D eigenvalue weighted by atomic mass is 10.1. The van der Waals surface area contributed by atoms with Crippen LogP contribution >= 0.6 is 0 Å². The summed E-state index contributed by atoms with van der Waals surface area (Å²) in [4.78, 5) is 35.8. The SMILES string of the molecule is CC(C)C(=O)Nc1nc2c(ncn2[C@@H]2O[C@H](CO)[C@@H](N)[C@H]2O[Si](C)(C)C(C)(C)C)c(=O)[nH]1. The van der Waals surface area contributed by atoms with Crippen molar-refractivity contribution in [2.45, 2.75) is 77.2 Å². The van der Waals surface area contributed by atoms with Gasteiger partial charge in [0, 0.05) is 5.92 Å². The summed E-state index contributed by atoms with van der Waals surface area (Å²) in [7, 11) is -2.25. The van der Waals surface area contributed by atoms with E-state index in [4.69, 9.17) is 14.9 Å². The highest BCUT2D eigenvalue weighted by molar-refractivity contribution is 6.74. The monoisotopic (exact) mass is 466 g/mol. The molecule has 0 unspecified atom stereocenters. The molecule has 0 radical (unpaired) electrons. The Hall–Kier alpha value is -2.12. The predicted octanol–water partition coefficient (Wildman–Crippen LogP) is 1.32. The number of fused-ring (bicyclic) bond motifs is 1. The van der Waals surface area contributed by atoms with Gasteiger partial charge < -0.3 is 20.0 Å². The van der Waals surface area contributed by atoms with Gasteiger partial charge in [0.05, 0.1) is 19.0 Å². The molecule has 3 rings (SSSR count). The fourth-order valence-electron chi connectivity index (χ4n) is 3.22. The standard InChI is InChI=1S/C20H34N6O5Si/c1-10(2)16(28)24-19-23-15-13(17(29)25-19)22-9-26(15)18-14(12(21)11(8-27)30-18)31-32(6,7)20(3,4)5/h9-12,14,18,27H,8,21H2,1-7H3,(H2,23,24,25,28,29)/t11-,12-,14-,18-/m1/s1. The Bertz CT molecular complexity index is 1040. The van der Waals surface area contributed by atoms with Crippen LogP contribution in [0.3, 0.4) is 0 Å². The number of hydrogen-bond donors (Lipinski definition) is 4. The Morgan fingerprint density at radius 2 is 2.09 bits per heavy atom. The van der Waals surface area contributed by atoms with E-state index in [1.54, 1.807) is 18.4 Å². The molecule has 0 aliphatic carbocycles. The van der Waals surface area contributed by atoms with Crippen LogP contribution in [0.15, 0.2) is 11.1 Å². The fraction of sp³-hybridized carbons (Fsp3) is 0.700. The number of H-pyrrole nitrogens is 1. The number of nitrogens with zero attached hydrogens (tertiary/aromatic N) is 3. The van der Waals surface area contributed by atoms with E-state index in [2.05, 4.69) is 54.1 Å². The van der Waals surface area contributed by atoms with Gasteiger partial charge in [-0.25, -0.2) is 4.98 Å². The van der Waals surface area contributed by atoms with E-state index in [1.807, 2.05) is 0 Å². The van der Waals surface area contributed by atoms with Gasteiger partial charge in [-0.1, -0.05) is 34.6 Å². The number of aromatic amines is 1. The highest BCUT2D eigenvalue weighted by atomic mass is 28.4. The highest BCUT2D eigenvalue weighted by Crippen LogP contribution is 2.41. The molecule has 1 aliphatic heterocycles. The molecular weight excluding hydrogens is 432 g/mol. The number of aromatic nitrogens is 4. The minimum Gasteiger partial charge on any atom is -0.408 e. The molecular formula is C20H34N6O5Si. The maximum atomic E-state index is 12.6. The first kappa shape index (κ1) is 24.5. The smallest absolute Gasteiger partial charge is 0.280 e. The van der Waals surface area contributed by atoms with Gasteiger partial charge in [-0.2, -0.15) is 4.98 Å². The van der Waals surface area contributed by atoms with Gasteiger partial charge in [0.2, 0.25) is 11.9 Å². The third-order valence-corrected chi connectivity index (χ3v) is 10.8. The van der Waals surface area contributed by atoms with E-state index in [-0.39, 0.29) is 40.6 Å². The van der Waals surface area contributed by atoms with Crippen molar-refractivity contribution < 1.29 is 19.1 Å². The first-order valence-corrected chi connectivity index (χ1v) is 13.6. The molecule has 0 aromatic carbocycles. The Labute approximate surface area is 187 Å². The minimum absolute atomic E-state index is 0.0193. The molecule has 1 fully saturated rings. The molecule has 0 saturated carbocycles. The summed E-state index contributed by atoms with van der Waals surface area (Å²) in [5.41, 5.74) is 6.26. The van der Waals surface area contributed by atoms with Crippen LogP contribution in [0.25, 0.3) is 11.2 Å². The molecule has 178 valence electrons. The molecule has 11 nitrogen and oxygen atoms in total. The molecule has 3 heterocycles. The average Bonchev–Trinajstić information content (AvgIpc) is 3.22. The number of amides is 1. The number of aliphatic hydroxyl groups is 1. The highest BCUT2D eigenvalue weighted by Gasteiger charge is 2.49. The third-order valence-electron chi connectivity index (χ3n) is 6.29. The Morgan fingerprint density at radius 1 is 1.44 bits per heavy atom. The molecule has 2 aromatic heterocycles. The van der Waals surface area contributed by atoms with Crippen molar-refractivity contribution in [2.75, 3.05) is 11.9 Å². The van der Waals surface area contributed by atoms with Crippen LogP contribution in [0.2, 0.25) is 18.1 Å². The van der Waals surface area contributed by atoms with Crippen molar-refractivity contribution in [3.8, 4) is 0 Å². The van der Waals surface area contributed by atoms with Crippen molar-refractivity contribution in [2.24, 2.45) is 11.7 Å². The van der Waals surface area contributed by atoms with Crippen LogP contribution in [0.4, 0.5) is 5.95 Å². The topological polar surface area (TPSA) is 157 Å². The average molecular weight is 467 g/mol. The Kier molecular flexibility index (Phi) is 6.64. The van der Waals surface area contributed by atoms with E-state index in [9.17, 15) is 14.7 Å². The van der Waals surface area contributed by atoms with Crippen molar-refractivity contribution in [3.05, 3.63) is 16.7 Å². The number of nitrogens with one attached hydrogen (secondary N) is 2. The van der Waals surface area contributed by atoms with Gasteiger partial charge in [-0.3, -0.25) is 24.5 Å². The minimum atomic E-state index is -2.25. The molecule has 5 N–H and O–H groups in total. The summed E-state index contributed by atoms with van der Waals surface area (Å²) in [6.07, 6.45) is -0.529. The second-order valence-corrected chi connectivity index (χ2v) is 14.8. The van der Waals surface area contributed by atoms with Crippen LogP contribution < -0.4 is 16.6 Å². The van der Waals surface area contributed by atoms with E-state index in [0.717, 1.165) is 0 Å². The molecule has 1 amide bonds. The first-order valence-electron chi connectivity index (χ1n) is 10.7. The number of rotatable bonds is 6. The number of anilines is 1. The molecule has 0 spiro atoms. The lowest BCUT2D eigenvalue weighted by molar-refractivity contribution is -0.118. The number of hydrogen-bond acceptors (Lipinski definition) is 8. The molecule has 4 atom stereocenters. The number of imidazole rings is 1. The summed E-state index contributed by atoms with van der Waals surface area (Å²) in [6, 6.07) is -0.585. The van der Waals surface area contributed by atoms with Crippen molar-refractivity contribution in [3.63, 3.8) is 0 Å². The Balaban J connectivity index is 2.05. The quantitative estimate of drug-likeness (QED) is 0.464. The third kappa shape index (κ3) is 4.50. The summed E-state index contributed by atoms with van der Waals surface area (Å²) >= 11 is 0. The van der Waals surface area contributed by atoms with E-state index >= 15 is 0 Å². The maximum Gasteiger partial charge on any atom is 0.280 e. The summed E-state index contributed by atoms with van der Waals surface area (Å²) in [5.74, 6) is -0.548. The van der Waals surface area contributed by atoms with Gasteiger partial charge >= 0.3 is 0 Å². The fourth-order valence-corrected chi connectivity index (χ4v) is 4.53. The van der Waals surface area contributed by atoms with Crippen LogP contribution in [0, 0.1) is 5.92 Å². The largest absolute Gasteiger partial charge is 0.408 e. The van der Waals surface area contributed by atoms with Crippen LogP contribution in [-0.2, 0) is 14.0 Å². The van der Waals surface area contributed by atoms with Crippen LogP contribution in [0.1, 0.15) is 40.8 Å². The van der Waals surface area contributed by atoms with Crippen molar-refractivity contribution in [1.82, 2.24) is 19.5 Å². The maximum absolute atomic E-state index is 12.6. The van der Waals surface area contributed by atoms with Gasteiger partial charge in [0.1, 0.15) is 12.2 Å². The van der Waals surface area contributed by atoms with Crippen LogP contribution in [-0.4, -0.2) is 63.7 Å². The zero-order chi connectivity index (χ0) is 24.0. The lowest BCUT2D eigenvalue weighted by Gasteiger charge is -2.40. The zero-order valence-electron chi connectivity index (χ0n) is 19.7. The predicted molar refractivity (Wildman–Crippen MR) is 123 cm³/mol. The van der Waals surface area contributed by atoms with Gasteiger partial charge in [0.25, 0.3) is 5.56 Å².